The van der Waals surface area contributed by atoms with Gasteiger partial charge in [0, 0.05) is 38.5 Å². The number of hydrogen-bond donors (Lipinski definition) is 3. The summed E-state index contributed by atoms with van der Waals surface area (Å²) in [5.74, 6) is -0.722. The highest BCUT2D eigenvalue weighted by atomic mass is 35.5. The van der Waals surface area contributed by atoms with Gasteiger partial charge in [0.2, 0.25) is 11.9 Å². The van der Waals surface area contributed by atoms with Crippen molar-refractivity contribution >= 4 is 52.2 Å². The summed E-state index contributed by atoms with van der Waals surface area (Å²) >= 11 is 6.35. The van der Waals surface area contributed by atoms with E-state index < -0.39 is 11.7 Å². The number of methoxy groups -OCH3 is 1. The molecule has 0 unspecified atom stereocenters. The molecule has 1 aliphatic heterocycles. The number of aryl methyl sites for hydroxylation is 1. The van der Waals surface area contributed by atoms with Crippen LogP contribution in [0.5, 0.6) is 0 Å². The topological polar surface area (TPSA) is 108 Å². The molecule has 0 atom stereocenters. The summed E-state index contributed by atoms with van der Waals surface area (Å²) in [7, 11) is 3.05. The second kappa shape index (κ2) is 11.3. The van der Waals surface area contributed by atoms with Crippen LogP contribution in [0.1, 0.15) is 28.8 Å². The molecule has 1 aromatic heterocycles. The number of nitrogens with zero attached hydrogens (tertiary/aromatic N) is 3. The highest BCUT2D eigenvalue weighted by Crippen LogP contribution is 2.33. The van der Waals surface area contributed by atoms with Gasteiger partial charge in [0.05, 0.1) is 24.1 Å². The minimum atomic E-state index is -0.634. The van der Waals surface area contributed by atoms with Crippen LogP contribution in [0.4, 0.5) is 33.2 Å². The second-order valence-corrected chi connectivity index (χ2v) is 8.53. The van der Waals surface area contributed by atoms with Crippen molar-refractivity contribution in [3.8, 4) is 0 Å². The lowest BCUT2D eigenvalue weighted by Gasteiger charge is -2.24. The van der Waals surface area contributed by atoms with Crippen molar-refractivity contribution in [1.82, 2.24) is 15.3 Å². The Balaban J connectivity index is 1.72. The second-order valence-electron chi connectivity index (χ2n) is 8.12. The van der Waals surface area contributed by atoms with Gasteiger partial charge in [-0.05, 0) is 42.7 Å². The summed E-state index contributed by atoms with van der Waals surface area (Å²) in [5.41, 5.74) is 2.58. The van der Waals surface area contributed by atoms with E-state index in [9.17, 15) is 14.0 Å². The molecule has 0 saturated carbocycles. The third-order valence-corrected chi connectivity index (χ3v) is 6.03. The van der Waals surface area contributed by atoms with E-state index in [0.717, 1.165) is 29.8 Å². The highest BCUT2D eigenvalue weighted by molar-refractivity contribution is 6.33. The lowest BCUT2D eigenvalue weighted by molar-refractivity contribution is -0.116. The van der Waals surface area contributed by atoms with Crippen LogP contribution in [0.15, 0.2) is 42.6 Å². The molecular formula is C25H26ClFN6O3. The fourth-order valence-corrected chi connectivity index (χ4v) is 4.05. The van der Waals surface area contributed by atoms with Gasteiger partial charge in [-0.2, -0.15) is 4.98 Å². The Morgan fingerprint density at radius 2 is 2.11 bits per heavy atom. The number of hydrogen-bond acceptors (Lipinski definition) is 7. The van der Waals surface area contributed by atoms with Crippen molar-refractivity contribution < 1.29 is 18.7 Å². The molecule has 188 valence electrons. The van der Waals surface area contributed by atoms with Gasteiger partial charge in [-0.1, -0.05) is 23.7 Å². The molecule has 2 heterocycles. The van der Waals surface area contributed by atoms with E-state index in [1.165, 1.54) is 31.4 Å². The minimum absolute atomic E-state index is 0.0274. The zero-order valence-corrected chi connectivity index (χ0v) is 20.7. The van der Waals surface area contributed by atoms with E-state index in [4.69, 9.17) is 16.3 Å². The van der Waals surface area contributed by atoms with Crippen LogP contribution in [0, 0.1) is 5.82 Å². The highest BCUT2D eigenvalue weighted by Gasteiger charge is 2.21. The maximum atomic E-state index is 14.7. The average molecular weight is 513 g/mol. The minimum Gasteiger partial charge on any atom is -0.383 e. The van der Waals surface area contributed by atoms with Crippen molar-refractivity contribution in [3.63, 3.8) is 0 Å². The molecule has 0 spiro atoms. The number of aromatic nitrogens is 2. The zero-order chi connectivity index (χ0) is 25.7. The fraction of sp³-hybridized carbons (Fsp3) is 0.280. The Hall–Kier alpha value is -3.76. The van der Waals surface area contributed by atoms with E-state index in [-0.39, 0.29) is 33.9 Å². The average Bonchev–Trinajstić information content (AvgIpc) is 3.06. The van der Waals surface area contributed by atoms with Crippen LogP contribution in [0.3, 0.4) is 0 Å². The number of ether oxygens (including phenoxy) is 1. The number of benzene rings is 2. The van der Waals surface area contributed by atoms with Crippen molar-refractivity contribution in [2.45, 2.75) is 19.3 Å². The van der Waals surface area contributed by atoms with Crippen LogP contribution >= 0.6 is 11.6 Å². The molecule has 3 N–H and O–H groups in total. The van der Waals surface area contributed by atoms with Crippen LogP contribution in [0.2, 0.25) is 5.02 Å². The van der Waals surface area contributed by atoms with Gasteiger partial charge in [-0.25, -0.2) is 9.37 Å². The zero-order valence-electron chi connectivity index (χ0n) is 19.9. The molecule has 0 fully saturated rings. The van der Waals surface area contributed by atoms with Crippen molar-refractivity contribution in [3.05, 3.63) is 64.6 Å². The first kappa shape index (κ1) is 25.3. The number of anilines is 5. The molecule has 9 nitrogen and oxygen atoms in total. The molecule has 0 bridgehead atoms. The lowest BCUT2D eigenvalue weighted by atomic mass is 10.1. The van der Waals surface area contributed by atoms with E-state index in [1.807, 2.05) is 23.1 Å². The quantitative estimate of drug-likeness (QED) is 0.409. The molecule has 2 aromatic carbocycles. The number of amides is 2. The number of fused-ring (bicyclic) bond motifs is 1. The van der Waals surface area contributed by atoms with Gasteiger partial charge < -0.3 is 25.6 Å². The van der Waals surface area contributed by atoms with Crippen molar-refractivity contribution in [2.24, 2.45) is 0 Å². The summed E-state index contributed by atoms with van der Waals surface area (Å²) in [5, 5.41) is 8.45. The largest absolute Gasteiger partial charge is 0.383 e. The third kappa shape index (κ3) is 5.55. The summed E-state index contributed by atoms with van der Waals surface area (Å²) in [4.78, 5) is 35.1. The first-order chi connectivity index (χ1) is 17.4. The van der Waals surface area contributed by atoms with E-state index >= 15 is 0 Å². The van der Waals surface area contributed by atoms with Crippen LogP contribution < -0.4 is 20.9 Å². The van der Waals surface area contributed by atoms with Crippen LogP contribution in [0.25, 0.3) is 0 Å². The van der Waals surface area contributed by atoms with Crippen molar-refractivity contribution in [1.29, 1.82) is 0 Å². The predicted molar refractivity (Wildman–Crippen MR) is 137 cm³/mol. The number of halogens is 2. The SMILES string of the molecule is CNC(=O)c1cccc(F)c1Nc1nc(N(CCOC)c2ccc3c(c2)NC(=O)CCC3)ncc1Cl. The predicted octanol–water partition coefficient (Wildman–Crippen LogP) is 4.43. The molecule has 3 aromatic rings. The molecular weight excluding hydrogens is 487 g/mol. The summed E-state index contributed by atoms with van der Waals surface area (Å²) in [6, 6.07) is 9.95. The maximum Gasteiger partial charge on any atom is 0.253 e. The molecule has 36 heavy (non-hydrogen) atoms. The molecule has 0 aliphatic carbocycles. The lowest BCUT2D eigenvalue weighted by Crippen LogP contribution is -2.24. The van der Waals surface area contributed by atoms with Gasteiger partial charge in [0.1, 0.15) is 10.8 Å². The number of rotatable bonds is 8. The Bertz CT molecular complexity index is 1290. The molecule has 0 saturated heterocycles. The van der Waals surface area contributed by atoms with E-state index in [2.05, 4.69) is 25.9 Å². The normalized spacial score (nSPS) is 12.8. The fourth-order valence-electron chi connectivity index (χ4n) is 3.91. The Labute approximate surface area is 213 Å². The number of carbonyl (C=O) groups excluding carboxylic acids is 2. The standard InChI is InChI=1S/C25H26ClFN6O3/c1-28-24(35)17-6-4-7-19(27)22(17)31-23-18(26)14-29-25(32-23)33(11-12-36-2)16-10-9-15-5-3-8-21(34)30-20(15)13-16/h4,6-7,9-10,13-14H,3,5,8,11-12H2,1-2H3,(H,28,35)(H,30,34)(H,29,31,32). The number of nitrogens with one attached hydrogen (secondary N) is 3. The first-order valence-corrected chi connectivity index (χ1v) is 11.8. The monoisotopic (exact) mass is 512 g/mol. The Morgan fingerprint density at radius 3 is 2.89 bits per heavy atom. The number of para-hydroxylation sites is 1. The summed E-state index contributed by atoms with van der Waals surface area (Å²) in [6.07, 6.45) is 3.46. The van der Waals surface area contributed by atoms with Gasteiger partial charge in [-0.3, -0.25) is 9.59 Å². The van der Waals surface area contributed by atoms with Gasteiger partial charge in [0.25, 0.3) is 5.91 Å². The van der Waals surface area contributed by atoms with E-state index in [0.29, 0.717) is 19.6 Å². The van der Waals surface area contributed by atoms with Gasteiger partial charge in [-0.15, -0.1) is 0 Å². The van der Waals surface area contributed by atoms with Gasteiger partial charge >= 0.3 is 0 Å². The van der Waals surface area contributed by atoms with Crippen LogP contribution in [-0.4, -0.2) is 49.1 Å². The molecule has 0 radical (unpaired) electrons. The summed E-state index contributed by atoms with van der Waals surface area (Å²) in [6.45, 7) is 0.764. The summed E-state index contributed by atoms with van der Waals surface area (Å²) < 4.78 is 20.0. The number of carbonyl (C=O) groups is 2. The van der Waals surface area contributed by atoms with E-state index in [1.54, 1.807) is 7.11 Å². The molecule has 11 heteroatoms. The molecule has 1 aliphatic rings. The van der Waals surface area contributed by atoms with Crippen molar-refractivity contribution in [2.75, 3.05) is 42.8 Å². The third-order valence-electron chi connectivity index (χ3n) is 5.75. The molecule has 4 rings (SSSR count). The van der Waals surface area contributed by atoms with Crippen LogP contribution in [-0.2, 0) is 16.0 Å². The van der Waals surface area contributed by atoms with Gasteiger partial charge in [0.15, 0.2) is 5.82 Å². The smallest absolute Gasteiger partial charge is 0.253 e. The molecule has 2 amide bonds. The maximum absolute atomic E-state index is 14.7. The first-order valence-electron chi connectivity index (χ1n) is 11.4. The Kier molecular flexibility index (Phi) is 7.97. The Morgan fingerprint density at radius 1 is 1.28 bits per heavy atom.